The fourth-order valence-corrected chi connectivity index (χ4v) is 2.84. The van der Waals surface area contributed by atoms with E-state index < -0.39 is 0 Å². The Morgan fingerprint density at radius 1 is 1.56 bits per heavy atom. The molecule has 0 bridgehead atoms. The van der Waals surface area contributed by atoms with Crippen LogP contribution in [0, 0.1) is 5.92 Å². The predicted octanol–water partition coefficient (Wildman–Crippen LogP) is 1.58. The lowest BCUT2D eigenvalue weighted by Gasteiger charge is -2.23. The lowest BCUT2D eigenvalue weighted by Crippen LogP contribution is -2.31. The van der Waals surface area contributed by atoms with E-state index in [2.05, 4.69) is 22.4 Å². The summed E-state index contributed by atoms with van der Waals surface area (Å²) in [6, 6.07) is 4.23. The van der Waals surface area contributed by atoms with Gasteiger partial charge in [-0.2, -0.15) is 0 Å². The maximum absolute atomic E-state index is 9.07. The normalized spacial score (nSPS) is 20.8. The van der Waals surface area contributed by atoms with Crippen molar-refractivity contribution in [2.45, 2.75) is 13.0 Å². The second-order valence-electron chi connectivity index (χ2n) is 4.27. The van der Waals surface area contributed by atoms with Gasteiger partial charge in [0.1, 0.15) is 0 Å². The van der Waals surface area contributed by atoms with Crippen LogP contribution >= 0.6 is 11.3 Å². The summed E-state index contributed by atoms with van der Waals surface area (Å²) in [6.07, 6.45) is 1.16. The van der Waals surface area contributed by atoms with Gasteiger partial charge in [0.15, 0.2) is 0 Å². The van der Waals surface area contributed by atoms with Gasteiger partial charge in [-0.3, -0.25) is 4.90 Å². The summed E-state index contributed by atoms with van der Waals surface area (Å²) in [7, 11) is 0. The van der Waals surface area contributed by atoms with E-state index in [0.717, 1.165) is 39.3 Å². The first-order valence-corrected chi connectivity index (χ1v) is 6.70. The van der Waals surface area contributed by atoms with Crippen LogP contribution in [0.3, 0.4) is 0 Å². The smallest absolute Gasteiger partial charge is 0.0558 e. The molecule has 0 aliphatic carbocycles. The predicted molar refractivity (Wildman–Crippen MR) is 65.6 cm³/mol. The second-order valence-corrected chi connectivity index (χ2v) is 5.30. The molecule has 0 radical (unpaired) electrons. The number of rotatable bonds is 6. The third-order valence-corrected chi connectivity index (χ3v) is 3.78. The molecule has 4 heteroatoms. The molecule has 0 amide bonds. The van der Waals surface area contributed by atoms with E-state index in [9.17, 15) is 0 Å². The van der Waals surface area contributed by atoms with Gasteiger partial charge >= 0.3 is 0 Å². The molecule has 90 valence electrons. The lowest BCUT2D eigenvalue weighted by molar-refractivity contribution is 0.148. The van der Waals surface area contributed by atoms with Gasteiger partial charge in [0.2, 0.25) is 0 Å². The molecule has 1 aromatic heterocycles. The van der Waals surface area contributed by atoms with Crippen LogP contribution in [-0.4, -0.2) is 42.9 Å². The highest BCUT2D eigenvalue weighted by Gasteiger charge is 2.19. The molecule has 0 spiro atoms. The Morgan fingerprint density at radius 3 is 3.12 bits per heavy atom. The zero-order chi connectivity index (χ0) is 11.2. The van der Waals surface area contributed by atoms with Crippen molar-refractivity contribution < 1.29 is 9.84 Å². The van der Waals surface area contributed by atoms with Crippen LogP contribution in [0.5, 0.6) is 0 Å². The quantitative estimate of drug-likeness (QED) is 0.821. The lowest BCUT2D eigenvalue weighted by atomic mass is 10.1. The van der Waals surface area contributed by atoms with E-state index in [-0.39, 0.29) is 6.61 Å². The Kier molecular flexibility index (Phi) is 4.78. The van der Waals surface area contributed by atoms with Crippen LogP contribution in [0.15, 0.2) is 17.5 Å². The van der Waals surface area contributed by atoms with Gasteiger partial charge in [0.25, 0.3) is 0 Å². The molecular weight excluding hydrogens is 222 g/mol. The van der Waals surface area contributed by atoms with Gasteiger partial charge < -0.3 is 9.84 Å². The maximum Gasteiger partial charge on any atom is 0.0558 e. The van der Waals surface area contributed by atoms with Crippen molar-refractivity contribution in [1.29, 1.82) is 0 Å². The second kappa shape index (κ2) is 6.35. The number of hydrogen-bond acceptors (Lipinski definition) is 4. The first-order chi connectivity index (χ1) is 7.88. The summed E-state index contributed by atoms with van der Waals surface area (Å²) in [6.45, 7) is 4.77. The van der Waals surface area contributed by atoms with Crippen molar-refractivity contribution in [2.24, 2.45) is 5.92 Å². The van der Waals surface area contributed by atoms with E-state index in [4.69, 9.17) is 9.84 Å². The number of thiophene rings is 1. The first-order valence-electron chi connectivity index (χ1n) is 5.82. The van der Waals surface area contributed by atoms with Crippen molar-refractivity contribution in [2.75, 3.05) is 32.9 Å². The standard InChI is InChI=1S/C12H19NO2S/c14-5-4-13(8-11-3-6-15-10-11)9-12-2-1-7-16-12/h1-2,7,11,14H,3-6,8-10H2. The van der Waals surface area contributed by atoms with Crippen molar-refractivity contribution in [3.05, 3.63) is 22.4 Å². The zero-order valence-electron chi connectivity index (χ0n) is 9.47. The average molecular weight is 241 g/mol. The summed E-state index contributed by atoms with van der Waals surface area (Å²) in [5.41, 5.74) is 0. The highest BCUT2D eigenvalue weighted by molar-refractivity contribution is 7.09. The highest BCUT2D eigenvalue weighted by atomic mass is 32.1. The minimum Gasteiger partial charge on any atom is -0.395 e. The fraction of sp³-hybridized carbons (Fsp3) is 0.667. The molecule has 0 saturated carbocycles. The Hall–Kier alpha value is -0.420. The highest BCUT2D eigenvalue weighted by Crippen LogP contribution is 2.17. The number of nitrogens with zero attached hydrogens (tertiary/aromatic N) is 1. The van der Waals surface area contributed by atoms with Gasteiger partial charge in [-0.25, -0.2) is 0 Å². The minimum absolute atomic E-state index is 0.235. The molecule has 2 heterocycles. The van der Waals surface area contributed by atoms with Crippen molar-refractivity contribution in [3.8, 4) is 0 Å². The van der Waals surface area contributed by atoms with Crippen LogP contribution in [0.25, 0.3) is 0 Å². The van der Waals surface area contributed by atoms with Crippen LogP contribution < -0.4 is 0 Å². The van der Waals surface area contributed by atoms with E-state index in [1.54, 1.807) is 11.3 Å². The summed E-state index contributed by atoms with van der Waals surface area (Å²) < 4.78 is 5.38. The summed E-state index contributed by atoms with van der Waals surface area (Å²) in [5.74, 6) is 0.645. The van der Waals surface area contributed by atoms with Crippen LogP contribution in [0.1, 0.15) is 11.3 Å². The first kappa shape index (κ1) is 12.0. The Labute approximate surface area is 101 Å². The minimum atomic E-state index is 0.235. The van der Waals surface area contributed by atoms with E-state index >= 15 is 0 Å². The molecule has 1 atom stereocenters. The number of ether oxygens (including phenoxy) is 1. The summed E-state index contributed by atoms with van der Waals surface area (Å²) >= 11 is 1.78. The molecular formula is C12H19NO2S. The van der Waals surface area contributed by atoms with Crippen LogP contribution in [-0.2, 0) is 11.3 Å². The molecule has 1 fully saturated rings. The third kappa shape index (κ3) is 3.56. The Bertz CT molecular complexity index is 283. The molecule has 3 nitrogen and oxygen atoms in total. The van der Waals surface area contributed by atoms with Crippen LogP contribution in [0.4, 0.5) is 0 Å². The van der Waals surface area contributed by atoms with E-state index in [1.807, 2.05) is 0 Å². The zero-order valence-corrected chi connectivity index (χ0v) is 10.3. The molecule has 1 aromatic rings. The van der Waals surface area contributed by atoms with Gasteiger partial charge in [-0.1, -0.05) is 6.07 Å². The van der Waals surface area contributed by atoms with Crippen molar-refractivity contribution in [1.82, 2.24) is 4.90 Å². The average Bonchev–Trinajstić information content (AvgIpc) is 2.91. The maximum atomic E-state index is 9.07. The molecule has 0 aromatic carbocycles. The Balaban J connectivity index is 1.83. The molecule has 1 aliphatic heterocycles. The Morgan fingerprint density at radius 2 is 2.50 bits per heavy atom. The van der Waals surface area contributed by atoms with Crippen LogP contribution in [0.2, 0.25) is 0 Å². The van der Waals surface area contributed by atoms with Crippen molar-refractivity contribution in [3.63, 3.8) is 0 Å². The van der Waals surface area contributed by atoms with Gasteiger partial charge in [-0.15, -0.1) is 11.3 Å². The topological polar surface area (TPSA) is 32.7 Å². The van der Waals surface area contributed by atoms with Crippen molar-refractivity contribution >= 4 is 11.3 Å². The molecule has 1 aliphatic rings. The van der Waals surface area contributed by atoms with E-state index in [0.29, 0.717) is 5.92 Å². The fourth-order valence-electron chi connectivity index (χ4n) is 2.09. The number of aliphatic hydroxyl groups is 1. The third-order valence-electron chi connectivity index (χ3n) is 2.92. The largest absolute Gasteiger partial charge is 0.395 e. The molecule has 1 N–H and O–H groups in total. The van der Waals surface area contributed by atoms with Gasteiger partial charge in [0.05, 0.1) is 13.2 Å². The monoisotopic (exact) mass is 241 g/mol. The molecule has 1 unspecified atom stereocenters. The molecule has 1 saturated heterocycles. The van der Waals surface area contributed by atoms with Gasteiger partial charge in [0, 0.05) is 31.1 Å². The van der Waals surface area contributed by atoms with Gasteiger partial charge in [-0.05, 0) is 23.8 Å². The SMILES string of the molecule is OCCN(Cc1cccs1)CC1CCOC1. The molecule has 2 rings (SSSR count). The molecule has 16 heavy (non-hydrogen) atoms. The summed E-state index contributed by atoms with van der Waals surface area (Å²) in [5, 5.41) is 11.2. The number of aliphatic hydroxyl groups excluding tert-OH is 1. The number of hydrogen-bond donors (Lipinski definition) is 1. The summed E-state index contributed by atoms with van der Waals surface area (Å²) in [4.78, 5) is 3.69. The van der Waals surface area contributed by atoms with E-state index in [1.165, 1.54) is 4.88 Å².